The van der Waals surface area contributed by atoms with Crippen LogP contribution in [0.2, 0.25) is 0 Å². The molecule has 1 saturated carbocycles. The molecule has 2 N–H and O–H groups in total. The molecule has 0 radical (unpaired) electrons. The van der Waals surface area contributed by atoms with Crippen LogP contribution in [0.5, 0.6) is 0 Å². The Morgan fingerprint density at radius 3 is 2.34 bits per heavy atom. The fraction of sp³-hybridized carbons (Fsp3) is 0.762. The van der Waals surface area contributed by atoms with Gasteiger partial charge in [-0.3, -0.25) is 0 Å². The maximum Gasteiger partial charge on any atom is 0.214 e. The van der Waals surface area contributed by atoms with Crippen molar-refractivity contribution in [3.05, 3.63) is 18.3 Å². The van der Waals surface area contributed by atoms with E-state index in [2.05, 4.69) is 45.9 Å². The molecule has 1 aromatic heterocycles. The number of rotatable bonds is 7. The first-order valence-corrected chi connectivity index (χ1v) is 12.4. The van der Waals surface area contributed by atoms with Gasteiger partial charge >= 0.3 is 0 Å². The molecule has 2 heterocycles. The second-order valence-corrected chi connectivity index (χ2v) is 11.1. The van der Waals surface area contributed by atoms with Crippen molar-refractivity contribution in [3.8, 4) is 0 Å². The smallest absolute Gasteiger partial charge is 0.214 e. The number of anilines is 2. The molecule has 0 amide bonds. The number of aromatic nitrogens is 1. The third-order valence-corrected chi connectivity index (χ3v) is 7.79. The lowest BCUT2D eigenvalue weighted by molar-refractivity contribution is -0.00545. The Kier molecular flexibility index (Phi) is 7.40. The molecular weight excluding hydrogens is 388 g/mol. The zero-order valence-electron chi connectivity index (χ0n) is 18.1. The van der Waals surface area contributed by atoms with Gasteiger partial charge in [-0.05, 0) is 71.4 Å². The van der Waals surface area contributed by atoms with Gasteiger partial charge in [0.05, 0.1) is 29.3 Å². The lowest BCUT2D eigenvalue weighted by Gasteiger charge is -2.36. The van der Waals surface area contributed by atoms with Gasteiger partial charge in [-0.1, -0.05) is 0 Å². The van der Waals surface area contributed by atoms with Crippen LogP contribution in [-0.2, 0) is 14.8 Å². The highest BCUT2D eigenvalue weighted by molar-refractivity contribution is 7.90. The lowest BCUT2D eigenvalue weighted by atomic mass is 9.86. The van der Waals surface area contributed by atoms with Crippen LogP contribution in [0.1, 0.15) is 53.4 Å². The van der Waals surface area contributed by atoms with Crippen molar-refractivity contribution in [3.63, 3.8) is 0 Å². The predicted molar refractivity (Wildman–Crippen MR) is 118 cm³/mol. The molecule has 3 rings (SSSR count). The van der Waals surface area contributed by atoms with Crippen LogP contribution >= 0.6 is 0 Å². The quantitative estimate of drug-likeness (QED) is 0.700. The van der Waals surface area contributed by atoms with Gasteiger partial charge < -0.3 is 15.0 Å². The maximum atomic E-state index is 12.0. The minimum atomic E-state index is -3.18. The number of pyridine rings is 1. The van der Waals surface area contributed by atoms with Crippen LogP contribution in [-0.4, -0.2) is 56.5 Å². The summed E-state index contributed by atoms with van der Waals surface area (Å²) < 4.78 is 32.7. The van der Waals surface area contributed by atoms with Gasteiger partial charge in [0.1, 0.15) is 5.82 Å². The fourth-order valence-electron chi connectivity index (χ4n) is 4.16. The van der Waals surface area contributed by atoms with Crippen molar-refractivity contribution in [2.24, 2.45) is 5.92 Å². The van der Waals surface area contributed by atoms with Crippen molar-refractivity contribution >= 4 is 21.5 Å². The first-order valence-electron chi connectivity index (χ1n) is 10.8. The van der Waals surface area contributed by atoms with E-state index >= 15 is 0 Å². The van der Waals surface area contributed by atoms with Crippen molar-refractivity contribution in [2.45, 2.75) is 76.9 Å². The van der Waals surface area contributed by atoms with Gasteiger partial charge in [0.2, 0.25) is 10.0 Å². The van der Waals surface area contributed by atoms with E-state index in [1.807, 2.05) is 6.20 Å². The monoisotopic (exact) mass is 424 g/mol. The molecule has 2 aliphatic rings. The van der Waals surface area contributed by atoms with Crippen LogP contribution in [0, 0.1) is 5.92 Å². The lowest BCUT2D eigenvalue weighted by Crippen LogP contribution is -2.45. The van der Waals surface area contributed by atoms with Crippen molar-refractivity contribution in [1.29, 1.82) is 0 Å². The zero-order chi connectivity index (χ0) is 21.0. The Labute approximate surface area is 175 Å². The molecule has 7 nitrogen and oxygen atoms in total. The van der Waals surface area contributed by atoms with Gasteiger partial charge in [-0.15, -0.1) is 0 Å². The normalized spacial score (nSPS) is 28.5. The molecule has 2 fully saturated rings. The van der Waals surface area contributed by atoms with E-state index in [1.165, 1.54) is 0 Å². The fourth-order valence-corrected chi connectivity index (χ4v) is 5.13. The molecule has 29 heavy (non-hydrogen) atoms. The third-order valence-electron chi connectivity index (χ3n) is 5.88. The second kappa shape index (κ2) is 9.62. The largest absolute Gasteiger partial charge is 0.384 e. The average Bonchev–Trinajstić information content (AvgIpc) is 2.67. The number of morpholine rings is 1. The summed E-state index contributed by atoms with van der Waals surface area (Å²) in [7, 11) is -3.18. The Morgan fingerprint density at radius 1 is 1.14 bits per heavy atom. The van der Waals surface area contributed by atoms with Crippen LogP contribution in [0.15, 0.2) is 18.3 Å². The molecule has 0 aromatic carbocycles. The van der Waals surface area contributed by atoms with Crippen molar-refractivity contribution in [1.82, 2.24) is 9.71 Å². The molecule has 1 aliphatic carbocycles. The van der Waals surface area contributed by atoms with E-state index in [1.54, 1.807) is 13.8 Å². The average molecular weight is 425 g/mol. The maximum absolute atomic E-state index is 12.0. The minimum absolute atomic E-state index is 0.0814. The summed E-state index contributed by atoms with van der Waals surface area (Å²) in [6, 6.07) is 4.25. The van der Waals surface area contributed by atoms with Crippen LogP contribution < -0.4 is 14.9 Å². The number of sulfonamides is 1. The van der Waals surface area contributed by atoms with Gasteiger partial charge in [-0.2, -0.15) is 0 Å². The Hall–Kier alpha value is -1.38. The molecule has 0 unspecified atom stereocenters. The first-order chi connectivity index (χ1) is 13.7. The number of hydrogen-bond donors (Lipinski definition) is 2. The predicted octanol–water partition coefficient (Wildman–Crippen LogP) is 2.99. The highest BCUT2D eigenvalue weighted by Crippen LogP contribution is 2.26. The van der Waals surface area contributed by atoms with Crippen molar-refractivity contribution in [2.75, 3.05) is 29.9 Å². The SMILES string of the molecule is CC(C)S(=O)(=O)NC1CCC(CNc2ccc(N3C[C@@H](C)O[C@@H](C)C3)nc2)CC1. The molecule has 2 atom stereocenters. The highest BCUT2D eigenvalue weighted by atomic mass is 32.2. The van der Waals surface area contributed by atoms with E-state index in [0.29, 0.717) is 5.92 Å². The number of hydrogen-bond acceptors (Lipinski definition) is 6. The summed E-state index contributed by atoms with van der Waals surface area (Å²) in [4.78, 5) is 6.91. The second-order valence-electron chi connectivity index (χ2n) is 8.88. The van der Waals surface area contributed by atoms with Gasteiger partial charge in [-0.25, -0.2) is 18.1 Å². The number of nitrogens with zero attached hydrogens (tertiary/aromatic N) is 2. The minimum Gasteiger partial charge on any atom is -0.384 e. The highest BCUT2D eigenvalue weighted by Gasteiger charge is 2.26. The molecule has 164 valence electrons. The van der Waals surface area contributed by atoms with E-state index in [4.69, 9.17) is 4.74 Å². The molecule has 1 saturated heterocycles. The van der Waals surface area contributed by atoms with Gasteiger partial charge in [0.25, 0.3) is 0 Å². The standard InChI is InChI=1S/C21H36N4O3S/c1-15(2)29(26,27)24-19-7-5-18(6-8-19)11-22-20-9-10-21(23-12-20)25-13-16(3)28-17(4)14-25/h9-10,12,15-19,22,24H,5-8,11,13-14H2,1-4H3/t16-,17+,18?,19?. The van der Waals surface area contributed by atoms with Gasteiger partial charge in [0.15, 0.2) is 0 Å². The Balaban J connectivity index is 1.43. The Morgan fingerprint density at radius 2 is 1.79 bits per heavy atom. The van der Waals surface area contributed by atoms with E-state index in [-0.39, 0.29) is 23.5 Å². The van der Waals surface area contributed by atoms with Crippen molar-refractivity contribution < 1.29 is 13.2 Å². The van der Waals surface area contributed by atoms with Crippen LogP contribution in [0.4, 0.5) is 11.5 Å². The van der Waals surface area contributed by atoms with E-state index in [9.17, 15) is 8.42 Å². The number of nitrogens with one attached hydrogen (secondary N) is 2. The summed E-state index contributed by atoms with van der Waals surface area (Å²) >= 11 is 0. The third kappa shape index (κ3) is 6.30. The summed E-state index contributed by atoms with van der Waals surface area (Å²) in [6.07, 6.45) is 6.23. The molecular formula is C21H36N4O3S. The summed E-state index contributed by atoms with van der Waals surface area (Å²) in [5, 5.41) is 3.13. The van der Waals surface area contributed by atoms with E-state index in [0.717, 1.165) is 56.8 Å². The molecule has 0 spiro atoms. The molecule has 1 aromatic rings. The number of ether oxygens (including phenoxy) is 1. The summed E-state index contributed by atoms with van der Waals surface area (Å²) in [6.45, 7) is 10.3. The van der Waals surface area contributed by atoms with E-state index < -0.39 is 10.0 Å². The molecule has 0 bridgehead atoms. The summed E-state index contributed by atoms with van der Waals surface area (Å²) in [5.41, 5.74) is 1.03. The molecule has 8 heteroatoms. The van der Waals surface area contributed by atoms with Crippen LogP contribution in [0.3, 0.4) is 0 Å². The topological polar surface area (TPSA) is 83.6 Å². The Bertz CT molecular complexity index is 736. The summed E-state index contributed by atoms with van der Waals surface area (Å²) in [5.74, 6) is 1.56. The zero-order valence-corrected chi connectivity index (χ0v) is 18.9. The van der Waals surface area contributed by atoms with Gasteiger partial charge in [0, 0.05) is 25.7 Å². The van der Waals surface area contributed by atoms with Crippen LogP contribution in [0.25, 0.3) is 0 Å². The molecule has 1 aliphatic heterocycles. The first kappa shape index (κ1) is 22.3.